The van der Waals surface area contributed by atoms with Gasteiger partial charge in [0.15, 0.2) is 0 Å². The molecular formula is C25H28F2. The minimum Gasteiger partial charge on any atom is -0.247 e. The summed E-state index contributed by atoms with van der Waals surface area (Å²) in [6.45, 7) is 2.19. The third-order valence-electron chi connectivity index (χ3n) is 6.41. The molecule has 1 saturated carbocycles. The smallest absolute Gasteiger partial charge is 0.123 e. The molecule has 1 fully saturated rings. The van der Waals surface area contributed by atoms with Crippen LogP contribution in [0.1, 0.15) is 67.2 Å². The molecule has 0 amide bonds. The molecule has 142 valence electrons. The van der Waals surface area contributed by atoms with E-state index in [-0.39, 0.29) is 11.7 Å². The Bertz CT molecular complexity index is 819. The molecule has 0 aromatic heterocycles. The number of alkyl halides is 1. The first-order valence-electron chi connectivity index (χ1n) is 10.3. The van der Waals surface area contributed by atoms with Crippen molar-refractivity contribution in [1.29, 1.82) is 0 Å². The van der Waals surface area contributed by atoms with Crippen molar-refractivity contribution in [3.05, 3.63) is 76.6 Å². The average Bonchev–Trinajstić information content (AvgIpc) is 2.68. The maximum Gasteiger partial charge on any atom is 0.123 e. The molecule has 3 atom stereocenters. The SMILES string of the molecule is CCCC1CCC(c2ccc(C3=CCc4cc(F)ccc4C3)cc2)C(F)C1. The van der Waals surface area contributed by atoms with E-state index in [1.165, 1.54) is 16.7 Å². The molecule has 3 unspecified atom stereocenters. The number of benzene rings is 2. The second-order valence-corrected chi connectivity index (χ2v) is 8.24. The highest BCUT2D eigenvalue weighted by atomic mass is 19.1. The third-order valence-corrected chi connectivity index (χ3v) is 6.41. The van der Waals surface area contributed by atoms with E-state index in [0.717, 1.165) is 56.1 Å². The van der Waals surface area contributed by atoms with Gasteiger partial charge in [-0.15, -0.1) is 0 Å². The Hall–Kier alpha value is -1.96. The fourth-order valence-electron chi connectivity index (χ4n) is 4.87. The minimum absolute atomic E-state index is 0.0520. The summed E-state index contributed by atoms with van der Waals surface area (Å²) in [7, 11) is 0. The molecule has 0 heterocycles. The van der Waals surface area contributed by atoms with Crippen molar-refractivity contribution in [2.24, 2.45) is 5.92 Å². The van der Waals surface area contributed by atoms with Gasteiger partial charge in [-0.3, -0.25) is 0 Å². The van der Waals surface area contributed by atoms with E-state index < -0.39 is 6.17 Å². The molecule has 2 aromatic carbocycles. The van der Waals surface area contributed by atoms with Crippen molar-refractivity contribution < 1.29 is 8.78 Å². The van der Waals surface area contributed by atoms with Crippen molar-refractivity contribution in [1.82, 2.24) is 0 Å². The largest absolute Gasteiger partial charge is 0.247 e. The van der Waals surface area contributed by atoms with E-state index in [1.807, 2.05) is 6.07 Å². The van der Waals surface area contributed by atoms with Crippen molar-refractivity contribution in [3.8, 4) is 0 Å². The van der Waals surface area contributed by atoms with Gasteiger partial charge in [-0.1, -0.05) is 56.2 Å². The van der Waals surface area contributed by atoms with Crippen LogP contribution in [0, 0.1) is 11.7 Å². The second kappa shape index (κ2) is 7.96. The summed E-state index contributed by atoms with van der Waals surface area (Å²) >= 11 is 0. The number of hydrogen-bond donors (Lipinski definition) is 0. The summed E-state index contributed by atoms with van der Waals surface area (Å²) in [5.74, 6) is 0.457. The molecule has 0 aliphatic heterocycles. The summed E-state index contributed by atoms with van der Waals surface area (Å²) in [5, 5.41) is 0. The Morgan fingerprint density at radius 2 is 1.81 bits per heavy atom. The van der Waals surface area contributed by atoms with Gasteiger partial charge in [-0.25, -0.2) is 8.78 Å². The predicted molar refractivity (Wildman–Crippen MR) is 108 cm³/mol. The van der Waals surface area contributed by atoms with E-state index in [9.17, 15) is 8.78 Å². The summed E-state index contributed by atoms with van der Waals surface area (Å²) in [5.41, 5.74) is 5.91. The van der Waals surface area contributed by atoms with Gasteiger partial charge in [0.1, 0.15) is 12.0 Å². The lowest BCUT2D eigenvalue weighted by Gasteiger charge is -2.32. The monoisotopic (exact) mass is 366 g/mol. The van der Waals surface area contributed by atoms with Crippen molar-refractivity contribution in [3.63, 3.8) is 0 Å². The van der Waals surface area contributed by atoms with Crippen LogP contribution < -0.4 is 0 Å². The zero-order valence-corrected chi connectivity index (χ0v) is 16.1. The van der Waals surface area contributed by atoms with Crippen LogP contribution in [0.4, 0.5) is 8.78 Å². The maximum atomic E-state index is 14.7. The zero-order chi connectivity index (χ0) is 18.8. The molecule has 0 saturated heterocycles. The first-order chi connectivity index (χ1) is 13.1. The second-order valence-electron chi connectivity index (χ2n) is 8.24. The standard InChI is InChI=1S/C25H28F2/c1-2-3-17-4-13-24(25(27)14-17)19-7-5-18(6-8-19)20-9-10-22-16-23(26)12-11-21(22)15-20/h5-9,11-12,16-17,24-25H,2-4,10,13-15H2,1H3. The summed E-state index contributed by atoms with van der Waals surface area (Å²) < 4.78 is 28.1. The van der Waals surface area contributed by atoms with Crippen molar-refractivity contribution in [2.45, 2.75) is 64.0 Å². The number of hydrogen-bond acceptors (Lipinski definition) is 0. The molecule has 2 heteroatoms. The lowest BCUT2D eigenvalue weighted by atomic mass is 9.76. The van der Waals surface area contributed by atoms with Gasteiger partial charge < -0.3 is 0 Å². The van der Waals surface area contributed by atoms with Crippen LogP contribution in [0.25, 0.3) is 5.57 Å². The summed E-state index contributed by atoms with van der Waals surface area (Å²) in [6, 6.07) is 13.6. The zero-order valence-electron chi connectivity index (χ0n) is 16.1. The molecule has 0 nitrogen and oxygen atoms in total. The Kier molecular flexibility index (Phi) is 5.43. The van der Waals surface area contributed by atoms with Crippen LogP contribution in [0.3, 0.4) is 0 Å². The highest BCUT2D eigenvalue weighted by molar-refractivity contribution is 5.70. The quantitative estimate of drug-likeness (QED) is 0.545. The van der Waals surface area contributed by atoms with Gasteiger partial charge in [0.05, 0.1) is 0 Å². The summed E-state index contributed by atoms with van der Waals surface area (Å²) in [6.07, 6.45) is 8.25. The molecule has 2 aromatic rings. The van der Waals surface area contributed by atoms with Gasteiger partial charge in [-0.2, -0.15) is 0 Å². The fraction of sp³-hybridized carbons (Fsp3) is 0.440. The first kappa shape index (κ1) is 18.4. The molecule has 0 bridgehead atoms. The minimum atomic E-state index is -0.711. The molecule has 27 heavy (non-hydrogen) atoms. The fourth-order valence-corrected chi connectivity index (χ4v) is 4.87. The summed E-state index contributed by atoms with van der Waals surface area (Å²) in [4.78, 5) is 0. The van der Waals surface area contributed by atoms with E-state index in [0.29, 0.717) is 5.92 Å². The highest BCUT2D eigenvalue weighted by Crippen LogP contribution is 2.40. The number of fused-ring (bicyclic) bond motifs is 1. The van der Waals surface area contributed by atoms with Crippen LogP contribution >= 0.6 is 0 Å². The topological polar surface area (TPSA) is 0 Å². The van der Waals surface area contributed by atoms with E-state index >= 15 is 0 Å². The molecule has 2 aliphatic carbocycles. The van der Waals surface area contributed by atoms with Gasteiger partial charge >= 0.3 is 0 Å². The highest BCUT2D eigenvalue weighted by Gasteiger charge is 2.31. The Labute approximate surface area is 161 Å². The van der Waals surface area contributed by atoms with Crippen molar-refractivity contribution >= 4 is 5.57 Å². The number of allylic oxidation sites excluding steroid dienone is 2. The van der Waals surface area contributed by atoms with Crippen molar-refractivity contribution in [2.75, 3.05) is 0 Å². The van der Waals surface area contributed by atoms with Gasteiger partial charge in [-0.05, 0) is 78.0 Å². The molecule has 0 radical (unpaired) electrons. The van der Waals surface area contributed by atoms with E-state index in [1.54, 1.807) is 12.1 Å². The Balaban J connectivity index is 1.46. The predicted octanol–water partition coefficient (Wildman–Crippen LogP) is 7.03. The molecule has 0 N–H and O–H groups in total. The molecular weight excluding hydrogens is 338 g/mol. The third kappa shape index (κ3) is 4.00. The molecule has 0 spiro atoms. The average molecular weight is 366 g/mol. The van der Waals surface area contributed by atoms with Crippen LogP contribution in [-0.4, -0.2) is 6.17 Å². The lowest BCUT2D eigenvalue weighted by Crippen LogP contribution is -2.24. The Morgan fingerprint density at radius 1 is 1.00 bits per heavy atom. The van der Waals surface area contributed by atoms with Crippen LogP contribution in [-0.2, 0) is 12.8 Å². The molecule has 4 rings (SSSR count). The lowest BCUT2D eigenvalue weighted by molar-refractivity contribution is 0.163. The van der Waals surface area contributed by atoms with E-state index in [2.05, 4.69) is 37.3 Å². The van der Waals surface area contributed by atoms with Crippen LogP contribution in [0.5, 0.6) is 0 Å². The van der Waals surface area contributed by atoms with Gasteiger partial charge in [0.2, 0.25) is 0 Å². The van der Waals surface area contributed by atoms with Crippen LogP contribution in [0.15, 0.2) is 48.5 Å². The number of halogens is 2. The van der Waals surface area contributed by atoms with Gasteiger partial charge in [0.25, 0.3) is 0 Å². The number of rotatable bonds is 4. The van der Waals surface area contributed by atoms with Crippen LogP contribution in [0.2, 0.25) is 0 Å². The maximum absolute atomic E-state index is 14.7. The first-order valence-corrected chi connectivity index (χ1v) is 10.3. The Morgan fingerprint density at radius 3 is 2.56 bits per heavy atom. The molecule has 2 aliphatic rings. The normalized spacial score (nSPS) is 25.0. The van der Waals surface area contributed by atoms with E-state index in [4.69, 9.17) is 0 Å². The van der Waals surface area contributed by atoms with Gasteiger partial charge in [0, 0.05) is 5.92 Å².